The average molecular weight is 334 g/mol. The van der Waals surface area contributed by atoms with Gasteiger partial charge in [-0.1, -0.05) is 47.1 Å². The van der Waals surface area contributed by atoms with Crippen LogP contribution in [-0.4, -0.2) is 28.5 Å². The molecular formula is C16H20BrN3. The predicted molar refractivity (Wildman–Crippen MR) is 87.6 cm³/mol. The molecule has 0 saturated heterocycles. The fraction of sp³-hybridized carbons (Fsp3) is 0.312. The number of hydrogen-bond donors (Lipinski definition) is 1. The Bertz CT molecular complexity index is 572. The Hall–Kier alpha value is -1.39. The average Bonchev–Trinajstić information content (AvgIpc) is 2.94. The minimum atomic E-state index is 0.189. The van der Waals surface area contributed by atoms with Crippen LogP contribution in [0.2, 0.25) is 0 Å². The first-order valence-corrected chi connectivity index (χ1v) is 7.59. The van der Waals surface area contributed by atoms with Crippen molar-refractivity contribution in [2.75, 3.05) is 13.6 Å². The highest BCUT2D eigenvalue weighted by Crippen LogP contribution is 2.24. The number of likely N-dealkylation sites (N-methyl/N-ethyl adjacent to an activating group) is 1. The van der Waals surface area contributed by atoms with Gasteiger partial charge in [0.15, 0.2) is 0 Å². The highest BCUT2D eigenvalue weighted by molar-refractivity contribution is 9.10. The SMILES string of the molecule is CC=CC(c1ncc(-c2ccc(Br)cc2)[nH]1)N(C)CC. The number of aromatic amines is 1. The Morgan fingerprint density at radius 3 is 2.65 bits per heavy atom. The first kappa shape index (κ1) is 15.0. The van der Waals surface area contributed by atoms with Crippen molar-refractivity contribution < 1.29 is 0 Å². The zero-order valence-corrected chi connectivity index (χ0v) is 13.7. The number of hydrogen-bond acceptors (Lipinski definition) is 2. The van der Waals surface area contributed by atoms with E-state index in [1.165, 1.54) is 0 Å². The molecule has 1 unspecified atom stereocenters. The van der Waals surface area contributed by atoms with E-state index in [2.05, 4.69) is 69.1 Å². The summed E-state index contributed by atoms with van der Waals surface area (Å²) in [6.45, 7) is 5.16. The van der Waals surface area contributed by atoms with E-state index in [0.717, 1.165) is 28.1 Å². The predicted octanol–water partition coefficient (Wildman–Crippen LogP) is 4.41. The lowest BCUT2D eigenvalue weighted by Crippen LogP contribution is -2.23. The topological polar surface area (TPSA) is 31.9 Å². The zero-order valence-electron chi connectivity index (χ0n) is 12.1. The van der Waals surface area contributed by atoms with Crippen LogP contribution in [-0.2, 0) is 0 Å². The summed E-state index contributed by atoms with van der Waals surface area (Å²) in [5, 5.41) is 0. The van der Waals surface area contributed by atoms with Crippen LogP contribution in [0.5, 0.6) is 0 Å². The molecule has 0 saturated carbocycles. The van der Waals surface area contributed by atoms with Crippen LogP contribution in [0, 0.1) is 0 Å². The number of nitrogens with zero attached hydrogens (tertiary/aromatic N) is 2. The molecule has 1 aromatic heterocycles. The highest BCUT2D eigenvalue weighted by Gasteiger charge is 2.16. The van der Waals surface area contributed by atoms with E-state index in [1.807, 2.05) is 25.3 Å². The van der Waals surface area contributed by atoms with Crippen LogP contribution in [0.4, 0.5) is 0 Å². The third kappa shape index (κ3) is 3.38. The van der Waals surface area contributed by atoms with Crippen LogP contribution in [0.3, 0.4) is 0 Å². The molecule has 0 fully saturated rings. The van der Waals surface area contributed by atoms with Gasteiger partial charge < -0.3 is 4.98 Å². The van der Waals surface area contributed by atoms with E-state index < -0.39 is 0 Å². The summed E-state index contributed by atoms with van der Waals surface area (Å²) in [6, 6.07) is 8.43. The first-order valence-electron chi connectivity index (χ1n) is 6.79. The van der Waals surface area contributed by atoms with E-state index in [4.69, 9.17) is 0 Å². The van der Waals surface area contributed by atoms with Gasteiger partial charge in [0.05, 0.1) is 17.9 Å². The van der Waals surface area contributed by atoms with Crippen LogP contribution < -0.4 is 0 Å². The van der Waals surface area contributed by atoms with Gasteiger partial charge in [0.25, 0.3) is 0 Å². The zero-order chi connectivity index (χ0) is 14.5. The van der Waals surface area contributed by atoms with Gasteiger partial charge in [-0.3, -0.25) is 4.90 Å². The van der Waals surface area contributed by atoms with Crippen molar-refractivity contribution in [1.29, 1.82) is 0 Å². The Balaban J connectivity index is 2.29. The Morgan fingerprint density at radius 2 is 2.05 bits per heavy atom. The molecule has 0 spiro atoms. The monoisotopic (exact) mass is 333 g/mol. The number of nitrogens with one attached hydrogen (secondary N) is 1. The van der Waals surface area contributed by atoms with E-state index >= 15 is 0 Å². The van der Waals surface area contributed by atoms with Gasteiger partial charge in [0.2, 0.25) is 0 Å². The van der Waals surface area contributed by atoms with E-state index in [9.17, 15) is 0 Å². The second-order valence-electron chi connectivity index (χ2n) is 4.73. The quantitative estimate of drug-likeness (QED) is 0.822. The van der Waals surface area contributed by atoms with Crippen LogP contribution in [0.1, 0.15) is 25.7 Å². The van der Waals surface area contributed by atoms with Gasteiger partial charge in [0.1, 0.15) is 5.82 Å². The van der Waals surface area contributed by atoms with Gasteiger partial charge >= 0.3 is 0 Å². The van der Waals surface area contributed by atoms with Crippen LogP contribution >= 0.6 is 15.9 Å². The summed E-state index contributed by atoms with van der Waals surface area (Å²) in [6.07, 6.45) is 6.13. The summed E-state index contributed by atoms with van der Waals surface area (Å²) in [5.74, 6) is 0.977. The normalized spacial score (nSPS) is 13.2. The van der Waals surface area contributed by atoms with Crippen LogP contribution in [0.15, 0.2) is 47.1 Å². The lowest BCUT2D eigenvalue weighted by Gasteiger charge is -2.22. The van der Waals surface area contributed by atoms with Crippen molar-refractivity contribution in [2.24, 2.45) is 0 Å². The Labute approximate surface area is 128 Å². The number of halogens is 1. The fourth-order valence-electron chi connectivity index (χ4n) is 2.09. The Kier molecular flexibility index (Phi) is 5.15. The molecule has 0 aliphatic carbocycles. The molecule has 0 radical (unpaired) electrons. The van der Waals surface area contributed by atoms with Gasteiger partial charge in [-0.25, -0.2) is 4.98 Å². The molecule has 0 amide bonds. The summed E-state index contributed by atoms with van der Waals surface area (Å²) in [7, 11) is 2.10. The maximum absolute atomic E-state index is 4.54. The van der Waals surface area contributed by atoms with Crippen molar-refractivity contribution in [2.45, 2.75) is 19.9 Å². The summed E-state index contributed by atoms with van der Waals surface area (Å²) in [4.78, 5) is 10.2. The van der Waals surface area contributed by atoms with Gasteiger partial charge in [-0.05, 0) is 38.2 Å². The maximum Gasteiger partial charge on any atom is 0.127 e. The van der Waals surface area contributed by atoms with Gasteiger partial charge in [-0.15, -0.1) is 0 Å². The third-order valence-electron chi connectivity index (χ3n) is 3.38. The fourth-order valence-corrected chi connectivity index (χ4v) is 2.35. The summed E-state index contributed by atoms with van der Waals surface area (Å²) >= 11 is 3.45. The molecule has 1 atom stereocenters. The minimum absolute atomic E-state index is 0.189. The number of benzene rings is 1. The number of rotatable bonds is 5. The Morgan fingerprint density at radius 1 is 1.35 bits per heavy atom. The van der Waals surface area contributed by atoms with Crippen molar-refractivity contribution >= 4 is 15.9 Å². The van der Waals surface area contributed by atoms with E-state index in [0.29, 0.717) is 0 Å². The van der Waals surface area contributed by atoms with Crippen molar-refractivity contribution in [1.82, 2.24) is 14.9 Å². The second-order valence-corrected chi connectivity index (χ2v) is 5.65. The lowest BCUT2D eigenvalue weighted by atomic mass is 10.2. The van der Waals surface area contributed by atoms with Gasteiger partial charge in [0, 0.05) is 4.47 Å². The largest absolute Gasteiger partial charge is 0.340 e. The molecule has 1 N–H and O–H groups in total. The number of imidazole rings is 1. The number of aromatic nitrogens is 2. The lowest BCUT2D eigenvalue weighted by molar-refractivity contribution is 0.293. The molecule has 0 bridgehead atoms. The summed E-state index contributed by atoms with van der Waals surface area (Å²) < 4.78 is 1.08. The van der Waals surface area contributed by atoms with Gasteiger partial charge in [-0.2, -0.15) is 0 Å². The molecule has 1 aromatic carbocycles. The molecule has 1 heterocycles. The molecular weight excluding hydrogens is 314 g/mol. The molecule has 3 nitrogen and oxygen atoms in total. The van der Waals surface area contributed by atoms with Crippen LogP contribution in [0.25, 0.3) is 11.3 Å². The maximum atomic E-state index is 4.54. The van der Waals surface area contributed by atoms with Crippen molar-refractivity contribution in [3.63, 3.8) is 0 Å². The molecule has 20 heavy (non-hydrogen) atoms. The molecule has 2 rings (SSSR count). The van der Waals surface area contributed by atoms with E-state index in [-0.39, 0.29) is 6.04 Å². The van der Waals surface area contributed by atoms with E-state index in [1.54, 1.807) is 0 Å². The summed E-state index contributed by atoms with van der Waals surface area (Å²) in [5.41, 5.74) is 2.19. The number of H-pyrrole nitrogens is 1. The highest BCUT2D eigenvalue weighted by atomic mass is 79.9. The smallest absolute Gasteiger partial charge is 0.127 e. The molecule has 2 aromatic rings. The van der Waals surface area contributed by atoms with Crippen molar-refractivity contribution in [3.8, 4) is 11.3 Å². The number of allylic oxidation sites excluding steroid dienone is 1. The molecule has 106 valence electrons. The molecule has 4 heteroatoms. The second kappa shape index (κ2) is 6.86. The molecule has 0 aliphatic heterocycles. The third-order valence-corrected chi connectivity index (χ3v) is 3.91. The standard InChI is InChI=1S/C16H20BrN3/c1-4-6-15(20(3)5-2)16-18-11-14(19-16)12-7-9-13(17)10-8-12/h4,6-11,15H,5H2,1-3H3,(H,18,19). The van der Waals surface area contributed by atoms with Crippen molar-refractivity contribution in [3.05, 3.63) is 52.9 Å². The minimum Gasteiger partial charge on any atom is -0.340 e. The first-order chi connectivity index (χ1) is 9.65. The molecule has 0 aliphatic rings.